The normalized spacial score (nSPS) is 10.6. The predicted molar refractivity (Wildman–Crippen MR) is 72.7 cm³/mol. The molecule has 0 bridgehead atoms. The molecule has 1 aromatic rings. The highest BCUT2D eigenvalue weighted by Crippen LogP contribution is 2.38. The van der Waals surface area contributed by atoms with E-state index in [0.29, 0.717) is 29.9 Å². The first-order chi connectivity index (χ1) is 8.62. The third-order valence-corrected chi connectivity index (χ3v) is 2.52. The number of hydrogen-bond acceptors (Lipinski definition) is 4. The van der Waals surface area contributed by atoms with Crippen LogP contribution in [0.3, 0.4) is 0 Å². The minimum atomic E-state index is 0.438. The summed E-state index contributed by atoms with van der Waals surface area (Å²) in [5.41, 5.74) is 1.11. The molecular formula is C14H23NO3. The lowest BCUT2D eigenvalue weighted by Crippen LogP contribution is -2.21. The van der Waals surface area contributed by atoms with Crippen molar-refractivity contribution in [1.29, 1.82) is 0 Å². The maximum atomic E-state index is 5.56. The van der Waals surface area contributed by atoms with Gasteiger partial charge in [0, 0.05) is 12.6 Å². The monoisotopic (exact) mass is 253 g/mol. The van der Waals surface area contributed by atoms with E-state index < -0.39 is 0 Å². The average molecular weight is 253 g/mol. The molecule has 0 amide bonds. The molecule has 0 saturated heterocycles. The molecule has 18 heavy (non-hydrogen) atoms. The molecule has 1 rings (SSSR count). The Labute approximate surface area is 109 Å². The molecule has 0 aromatic heterocycles. The van der Waals surface area contributed by atoms with Gasteiger partial charge in [-0.2, -0.15) is 0 Å². The number of hydrogen-bond donors (Lipinski definition) is 1. The molecule has 0 atom stereocenters. The van der Waals surface area contributed by atoms with Crippen LogP contribution in [0.5, 0.6) is 17.2 Å². The van der Waals surface area contributed by atoms with Crippen LogP contribution in [0.1, 0.15) is 26.3 Å². The Morgan fingerprint density at radius 2 is 1.67 bits per heavy atom. The fourth-order valence-electron chi connectivity index (χ4n) is 1.64. The van der Waals surface area contributed by atoms with Gasteiger partial charge in [-0.15, -0.1) is 0 Å². The van der Waals surface area contributed by atoms with Gasteiger partial charge in [0.25, 0.3) is 0 Å². The van der Waals surface area contributed by atoms with E-state index in [2.05, 4.69) is 19.2 Å². The topological polar surface area (TPSA) is 39.7 Å². The Morgan fingerprint density at radius 1 is 1.11 bits per heavy atom. The molecule has 0 unspecified atom stereocenters. The highest BCUT2D eigenvalue weighted by Gasteiger charge is 2.13. The molecule has 0 saturated carbocycles. The largest absolute Gasteiger partial charge is 0.493 e. The quantitative estimate of drug-likeness (QED) is 0.811. The lowest BCUT2D eigenvalue weighted by Gasteiger charge is -2.16. The molecular weight excluding hydrogens is 230 g/mol. The van der Waals surface area contributed by atoms with Gasteiger partial charge in [0.1, 0.15) is 0 Å². The molecule has 4 nitrogen and oxygen atoms in total. The van der Waals surface area contributed by atoms with E-state index in [0.717, 1.165) is 12.1 Å². The number of rotatable bonds is 7. The minimum absolute atomic E-state index is 0.438. The van der Waals surface area contributed by atoms with Gasteiger partial charge in [-0.1, -0.05) is 13.8 Å². The highest BCUT2D eigenvalue weighted by molar-refractivity contribution is 5.53. The molecule has 1 aromatic carbocycles. The third-order valence-electron chi connectivity index (χ3n) is 2.52. The van der Waals surface area contributed by atoms with Gasteiger partial charge in [-0.3, -0.25) is 0 Å². The van der Waals surface area contributed by atoms with Gasteiger partial charge in [0.15, 0.2) is 11.5 Å². The number of nitrogens with one attached hydrogen (secondary N) is 1. The standard InChI is InChI=1S/C14H23NO3/c1-6-18-14-12(16-4)7-11(8-13(14)17-5)9-15-10(2)3/h7-8,10,15H,6,9H2,1-5H3. The van der Waals surface area contributed by atoms with Crippen molar-refractivity contribution in [3.8, 4) is 17.2 Å². The summed E-state index contributed by atoms with van der Waals surface area (Å²) in [6.07, 6.45) is 0. The van der Waals surface area contributed by atoms with Crippen molar-refractivity contribution in [2.75, 3.05) is 20.8 Å². The summed E-state index contributed by atoms with van der Waals surface area (Å²) in [5, 5.41) is 3.36. The Hall–Kier alpha value is -1.42. The van der Waals surface area contributed by atoms with Crippen LogP contribution < -0.4 is 19.5 Å². The second-order valence-electron chi connectivity index (χ2n) is 4.30. The van der Waals surface area contributed by atoms with Crippen molar-refractivity contribution in [1.82, 2.24) is 5.32 Å². The Morgan fingerprint density at radius 3 is 2.06 bits per heavy atom. The molecule has 0 aliphatic heterocycles. The third kappa shape index (κ3) is 3.81. The molecule has 0 fully saturated rings. The summed E-state index contributed by atoms with van der Waals surface area (Å²) in [7, 11) is 3.27. The zero-order valence-electron chi connectivity index (χ0n) is 11.9. The van der Waals surface area contributed by atoms with Crippen LogP contribution in [-0.4, -0.2) is 26.9 Å². The van der Waals surface area contributed by atoms with E-state index in [-0.39, 0.29) is 0 Å². The van der Waals surface area contributed by atoms with Gasteiger partial charge in [-0.05, 0) is 24.6 Å². The summed E-state index contributed by atoms with van der Waals surface area (Å²) in [6.45, 7) is 7.52. The maximum absolute atomic E-state index is 5.56. The fourth-order valence-corrected chi connectivity index (χ4v) is 1.64. The van der Waals surface area contributed by atoms with Gasteiger partial charge < -0.3 is 19.5 Å². The van der Waals surface area contributed by atoms with Crippen LogP contribution in [-0.2, 0) is 6.54 Å². The van der Waals surface area contributed by atoms with E-state index >= 15 is 0 Å². The van der Waals surface area contributed by atoms with E-state index in [1.165, 1.54) is 0 Å². The van der Waals surface area contributed by atoms with Crippen LogP contribution in [0, 0.1) is 0 Å². The Bertz CT molecular complexity index is 352. The van der Waals surface area contributed by atoms with Crippen molar-refractivity contribution in [2.24, 2.45) is 0 Å². The minimum Gasteiger partial charge on any atom is -0.493 e. The molecule has 0 radical (unpaired) electrons. The Balaban J connectivity index is 3.01. The molecule has 1 N–H and O–H groups in total. The zero-order valence-corrected chi connectivity index (χ0v) is 11.9. The summed E-state index contributed by atoms with van der Waals surface area (Å²) in [5.74, 6) is 2.07. The van der Waals surface area contributed by atoms with Crippen molar-refractivity contribution in [3.05, 3.63) is 17.7 Å². The second kappa shape index (κ2) is 7.11. The average Bonchev–Trinajstić information content (AvgIpc) is 2.37. The molecule has 102 valence electrons. The summed E-state index contributed by atoms with van der Waals surface area (Å²) >= 11 is 0. The van der Waals surface area contributed by atoms with Crippen LogP contribution in [0.2, 0.25) is 0 Å². The van der Waals surface area contributed by atoms with Crippen molar-refractivity contribution >= 4 is 0 Å². The van der Waals surface area contributed by atoms with Crippen LogP contribution in [0.15, 0.2) is 12.1 Å². The van der Waals surface area contributed by atoms with Gasteiger partial charge in [0.05, 0.1) is 20.8 Å². The second-order valence-corrected chi connectivity index (χ2v) is 4.30. The Kier molecular flexibility index (Phi) is 5.78. The lowest BCUT2D eigenvalue weighted by atomic mass is 10.1. The van der Waals surface area contributed by atoms with Gasteiger partial charge >= 0.3 is 0 Å². The number of ether oxygens (including phenoxy) is 3. The highest BCUT2D eigenvalue weighted by atomic mass is 16.5. The molecule has 0 spiro atoms. The van der Waals surface area contributed by atoms with E-state index in [1.807, 2.05) is 19.1 Å². The first-order valence-corrected chi connectivity index (χ1v) is 6.23. The molecule has 0 aliphatic rings. The van der Waals surface area contributed by atoms with E-state index in [9.17, 15) is 0 Å². The molecule has 0 heterocycles. The van der Waals surface area contributed by atoms with Gasteiger partial charge in [0.2, 0.25) is 5.75 Å². The fraction of sp³-hybridized carbons (Fsp3) is 0.571. The van der Waals surface area contributed by atoms with Crippen LogP contribution >= 0.6 is 0 Å². The number of benzene rings is 1. The van der Waals surface area contributed by atoms with E-state index in [4.69, 9.17) is 14.2 Å². The van der Waals surface area contributed by atoms with Crippen LogP contribution in [0.4, 0.5) is 0 Å². The number of methoxy groups -OCH3 is 2. The van der Waals surface area contributed by atoms with E-state index in [1.54, 1.807) is 14.2 Å². The zero-order chi connectivity index (χ0) is 13.5. The van der Waals surface area contributed by atoms with Crippen molar-refractivity contribution in [2.45, 2.75) is 33.4 Å². The predicted octanol–water partition coefficient (Wildman–Crippen LogP) is 2.60. The van der Waals surface area contributed by atoms with Gasteiger partial charge in [-0.25, -0.2) is 0 Å². The molecule has 0 aliphatic carbocycles. The smallest absolute Gasteiger partial charge is 0.203 e. The van der Waals surface area contributed by atoms with Crippen molar-refractivity contribution in [3.63, 3.8) is 0 Å². The maximum Gasteiger partial charge on any atom is 0.203 e. The van der Waals surface area contributed by atoms with Crippen molar-refractivity contribution < 1.29 is 14.2 Å². The summed E-state index contributed by atoms with van der Waals surface area (Å²) in [6, 6.07) is 4.39. The summed E-state index contributed by atoms with van der Waals surface area (Å²) < 4.78 is 16.3. The first-order valence-electron chi connectivity index (χ1n) is 6.23. The summed E-state index contributed by atoms with van der Waals surface area (Å²) in [4.78, 5) is 0. The lowest BCUT2D eigenvalue weighted by molar-refractivity contribution is 0.288. The van der Waals surface area contributed by atoms with Crippen LogP contribution in [0.25, 0.3) is 0 Å². The first kappa shape index (κ1) is 14.6. The molecule has 4 heteroatoms. The SMILES string of the molecule is CCOc1c(OC)cc(CNC(C)C)cc1OC.